The van der Waals surface area contributed by atoms with Crippen LogP contribution in [0.3, 0.4) is 0 Å². The first kappa shape index (κ1) is 9.43. The molecule has 0 aromatic heterocycles. The van der Waals surface area contributed by atoms with Gasteiger partial charge in [0.1, 0.15) is 0 Å². The molecule has 0 radical (unpaired) electrons. The summed E-state index contributed by atoms with van der Waals surface area (Å²) in [6.07, 6.45) is 2.58. The average molecular weight is 158 g/mol. The van der Waals surface area contributed by atoms with Crippen molar-refractivity contribution < 1.29 is 9.59 Å². The zero-order chi connectivity index (χ0) is 7.98. The van der Waals surface area contributed by atoms with Crippen LogP contribution < -0.4 is 0 Å². The van der Waals surface area contributed by atoms with Gasteiger partial charge in [0.15, 0.2) is 5.78 Å². The highest BCUT2D eigenvalue weighted by molar-refractivity contribution is 8.14. The number of allylic oxidation sites excluding steroid dienone is 1. The Morgan fingerprint density at radius 2 is 2.00 bits per heavy atom. The maximum Gasteiger partial charge on any atom is 0.212 e. The molecule has 0 bridgehead atoms. The Morgan fingerprint density at radius 3 is 2.40 bits per heavy atom. The van der Waals surface area contributed by atoms with E-state index in [1.54, 1.807) is 0 Å². The highest BCUT2D eigenvalue weighted by Gasteiger charge is 1.93. The largest absolute Gasteiger partial charge is 0.295 e. The Kier molecular flexibility index (Phi) is 4.94. The molecule has 0 aliphatic carbocycles. The van der Waals surface area contributed by atoms with Crippen molar-refractivity contribution in [3.05, 3.63) is 12.2 Å². The van der Waals surface area contributed by atoms with Crippen molar-refractivity contribution in [2.24, 2.45) is 0 Å². The zero-order valence-corrected chi connectivity index (χ0v) is 6.90. The third kappa shape index (κ3) is 5.56. The third-order valence-electron chi connectivity index (χ3n) is 0.741. The first-order valence-corrected chi connectivity index (χ1v) is 4.00. The minimum atomic E-state index is -0.0925. The molecule has 0 fully saturated rings. The van der Waals surface area contributed by atoms with Crippen LogP contribution >= 0.6 is 11.8 Å². The number of hydrogen-bond donors (Lipinski definition) is 0. The van der Waals surface area contributed by atoms with Crippen LogP contribution in [0.4, 0.5) is 0 Å². The number of rotatable bonds is 3. The van der Waals surface area contributed by atoms with Crippen LogP contribution in [0.5, 0.6) is 0 Å². The summed E-state index contributed by atoms with van der Waals surface area (Å²) in [5, 5.41) is -0.0577. The number of carbonyl (C=O) groups is 2. The van der Waals surface area contributed by atoms with E-state index in [2.05, 4.69) is 0 Å². The Bertz CT molecular complexity index is 161. The standard InChI is InChI=1S/C7H10O2S/c1-3-10-7(9)5-4-6(2)8/h4-5H,3H2,1-2H3/b5-4-. The Labute approximate surface area is 64.7 Å². The second kappa shape index (κ2) is 5.23. The molecule has 0 unspecified atom stereocenters. The smallest absolute Gasteiger partial charge is 0.212 e. The molecule has 0 heterocycles. The number of ketones is 1. The van der Waals surface area contributed by atoms with E-state index in [4.69, 9.17) is 0 Å². The van der Waals surface area contributed by atoms with Gasteiger partial charge in [0, 0.05) is 0 Å². The van der Waals surface area contributed by atoms with Gasteiger partial charge in [-0.25, -0.2) is 0 Å². The van der Waals surface area contributed by atoms with Crippen LogP contribution in [-0.4, -0.2) is 16.7 Å². The molecule has 2 nitrogen and oxygen atoms in total. The summed E-state index contributed by atoms with van der Waals surface area (Å²) in [5.74, 6) is 0.659. The lowest BCUT2D eigenvalue weighted by Gasteiger charge is -1.85. The van der Waals surface area contributed by atoms with Crippen molar-refractivity contribution in [3.63, 3.8) is 0 Å². The van der Waals surface area contributed by atoms with E-state index in [9.17, 15) is 9.59 Å². The van der Waals surface area contributed by atoms with E-state index in [-0.39, 0.29) is 10.9 Å². The quantitative estimate of drug-likeness (QED) is 0.582. The SMILES string of the molecule is CCSC(=O)/C=C\C(C)=O. The molecule has 0 saturated heterocycles. The predicted octanol–water partition coefficient (Wildman–Crippen LogP) is 1.41. The number of carbonyl (C=O) groups excluding carboxylic acids is 2. The summed E-state index contributed by atoms with van der Waals surface area (Å²) in [5.41, 5.74) is 0. The second-order valence-corrected chi connectivity index (χ2v) is 2.96. The first-order valence-electron chi connectivity index (χ1n) is 3.02. The van der Waals surface area contributed by atoms with E-state index in [1.165, 1.54) is 30.8 Å². The van der Waals surface area contributed by atoms with Gasteiger partial charge in [-0.3, -0.25) is 9.59 Å². The van der Waals surface area contributed by atoms with Crippen LogP contribution in [0.1, 0.15) is 13.8 Å². The topological polar surface area (TPSA) is 34.1 Å². The predicted molar refractivity (Wildman–Crippen MR) is 43.0 cm³/mol. The van der Waals surface area contributed by atoms with Gasteiger partial charge in [-0.1, -0.05) is 18.7 Å². The van der Waals surface area contributed by atoms with Gasteiger partial charge >= 0.3 is 0 Å². The van der Waals surface area contributed by atoms with Gasteiger partial charge in [-0.15, -0.1) is 0 Å². The lowest BCUT2D eigenvalue weighted by molar-refractivity contribution is -0.113. The molecular formula is C7H10O2S. The van der Waals surface area contributed by atoms with Crippen molar-refractivity contribution in [1.29, 1.82) is 0 Å². The highest BCUT2D eigenvalue weighted by atomic mass is 32.2. The monoisotopic (exact) mass is 158 g/mol. The van der Waals surface area contributed by atoms with E-state index >= 15 is 0 Å². The molecule has 0 saturated carbocycles. The molecule has 0 spiro atoms. The summed E-state index contributed by atoms with van der Waals surface area (Å²) in [4.78, 5) is 21.0. The summed E-state index contributed by atoms with van der Waals surface area (Å²) < 4.78 is 0. The molecule has 0 aromatic carbocycles. The Hall–Kier alpha value is -0.570. The van der Waals surface area contributed by atoms with Gasteiger partial charge in [0.25, 0.3) is 0 Å². The van der Waals surface area contributed by atoms with E-state index in [0.29, 0.717) is 0 Å². The van der Waals surface area contributed by atoms with E-state index in [0.717, 1.165) is 5.75 Å². The van der Waals surface area contributed by atoms with E-state index < -0.39 is 0 Å². The van der Waals surface area contributed by atoms with Crippen LogP contribution in [0.25, 0.3) is 0 Å². The van der Waals surface area contributed by atoms with Crippen molar-refractivity contribution in [1.82, 2.24) is 0 Å². The van der Waals surface area contributed by atoms with Crippen molar-refractivity contribution in [2.45, 2.75) is 13.8 Å². The zero-order valence-electron chi connectivity index (χ0n) is 6.09. The number of hydrogen-bond acceptors (Lipinski definition) is 3. The Morgan fingerprint density at radius 1 is 1.40 bits per heavy atom. The Balaban J connectivity index is 3.67. The lowest BCUT2D eigenvalue weighted by Crippen LogP contribution is -1.88. The van der Waals surface area contributed by atoms with Crippen LogP contribution in [0.2, 0.25) is 0 Å². The molecule has 0 aliphatic heterocycles. The van der Waals surface area contributed by atoms with Crippen LogP contribution in [0, 0.1) is 0 Å². The maximum atomic E-state index is 10.7. The normalized spacial score (nSPS) is 10.2. The average Bonchev–Trinajstić information content (AvgIpc) is 1.85. The van der Waals surface area contributed by atoms with E-state index in [1.807, 2.05) is 6.92 Å². The molecule has 0 aliphatic rings. The van der Waals surface area contributed by atoms with Gasteiger partial charge in [-0.05, 0) is 24.8 Å². The molecule has 56 valence electrons. The summed E-state index contributed by atoms with van der Waals surface area (Å²) >= 11 is 1.20. The highest BCUT2D eigenvalue weighted by Crippen LogP contribution is 2.00. The first-order chi connectivity index (χ1) is 4.66. The summed E-state index contributed by atoms with van der Waals surface area (Å²) in [7, 11) is 0. The van der Waals surface area contributed by atoms with Crippen LogP contribution in [-0.2, 0) is 9.59 Å². The molecular weight excluding hydrogens is 148 g/mol. The fraction of sp³-hybridized carbons (Fsp3) is 0.429. The summed E-state index contributed by atoms with van der Waals surface area (Å²) in [6.45, 7) is 3.31. The molecule has 10 heavy (non-hydrogen) atoms. The van der Waals surface area contributed by atoms with Gasteiger partial charge < -0.3 is 0 Å². The lowest BCUT2D eigenvalue weighted by atomic mass is 10.4. The molecule has 0 atom stereocenters. The van der Waals surface area contributed by atoms with Crippen molar-refractivity contribution in [2.75, 3.05) is 5.75 Å². The van der Waals surface area contributed by atoms with Crippen molar-refractivity contribution >= 4 is 22.7 Å². The second-order valence-electron chi connectivity index (χ2n) is 1.70. The molecule has 0 rings (SSSR count). The van der Waals surface area contributed by atoms with Crippen LogP contribution in [0.15, 0.2) is 12.2 Å². The third-order valence-corrected chi connectivity index (χ3v) is 1.45. The maximum absolute atomic E-state index is 10.7. The molecule has 3 heteroatoms. The van der Waals surface area contributed by atoms with Gasteiger partial charge in [-0.2, -0.15) is 0 Å². The molecule has 0 N–H and O–H groups in total. The van der Waals surface area contributed by atoms with Gasteiger partial charge in [0.05, 0.1) is 0 Å². The fourth-order valence-electron chi connectivity index (χ4n) is 0.376. The number of thioether (sulfide) groups is 1. The van der Waals surface area contributed by atoms with Crippen molar-refractivity contribution in [3.8, 4) is 0 Å². The molecule has 0 aromatic rings. The minimum Gasteiger partial charge on any atom is -0.295 e. The fourth-order valence-corrected chi connectivity index (χ4v) is 0.825. The molecule has 0 amide bonds. The van der Waals surface area contributed by atoms with Gasteiger partial charge in [0.2, 0.25) is 5.12 Å². The minimum absolute atomic E-state index is 0.0577. The summed E-state index contributed by atoms with van der Waals surface area (Å²) in [6, 6.07) is 0.